The Bertz CT molecular complexity index is 449. The van der Waals surface area contributed by atoms with Crippen molar-refractivity contribution in [2.75, 3.05) is 13.1 Å². The second kappa shape index (κ2) is 5.92. The summed E-state index contributed by atoms with van der Waals surface area (Å²) >= 11 is 0. The summed E-state index contributed by atoms with van der Waals surface area (Å²) in [7, 11) is 0. The average molecular weight is 257 g/mol. The zero-order valence-corrected chi connectivity index (χ0v) is 12.8. The highest BCUT2D eigenvalue weighted by molar-refractivity contribution is 5.37. The summed E-state index contributed by atoms with van der Waals surface area (Å²) in [6, 6.07) is 6.99. The molecule has 1 aromatic carbocycles. The highest BCUT2D eigenvalue weighted by Crippen LogP contribution is 2.37. The molecule has 0 aliphatic heterocycles. The number of hydrogen-bond donors (Lipinski definition) is 1. The van der Waals surface area contributed by atoms with Crippen LogP contribution in [0.5, 0.6) is 0 Å². The van der Waals surface area contributed by atoms with Crippen molar-refractivity contribution < 1.29 is 0 Å². The van der Waals surface area contributed by atoms with Crippen molar-refractivity contribution in [3.05, 3.63) is 47.0 Å². The summed E-state index contributed by atoms with van der Waals surface area (Å²) in [6.07, 6.45) is 7.01. The molecule has 1 heteroatoms. The van der Waals surface area contributed by atoms with Crippen LogP contribution in [-0.2, 0) is 5.41 Å². The van der Waals surface area contributed by atoms with E-state index in [1.807, 2.05) is 0 Å². The molecule has 0 atom stereocenters. The lowest BCUT2D eigenvalue weighted by Crippen LogP contribution is -2.37. The summed E-state index contributed by atoms with van der Waals surface area (Å²) in [5.74, 6) is 0.714. The molecule has 0 saturated heterocycles. The van der Waals surface area contributed by atoms with Crippen LogP contribution in [0, 0.1) is 19.8 Å². The van der Waals surface area contributed by atoms with Crippen LogP contribution in [0.1, 0.15) is 43.4 Å². The van der Waals surface area contributed by atoms with Gasteiger partial charge >= 0.3 is 0 Å². The van der Waals surface area contributed by atoms with Crippen LogP contribution < -0.4 is 5.32 Å². The first-order chi connectivity index (χ1) is 9.03. The molecule has 0 amide bonds. The van der Waals surface area contributed by atoms with Gasteiger partial charge in [-0.05, 0) is 55.8 Å². The van der Waals surface area contributed by atoms with E-state index in [9.17, 15) is 0 Å². The van der Waals surface area contributed by atoms with E-state index >= 15 is 0 Å². The first-order valence-corrected chi connectivity index (χ1v) is 7.47. The zero-order valence-electron chi connectivity index (χ0n) is 12.8. The lowest BCUT2D eigenvalue weighted by Gasteiger charge is -2.31. The monoisotopic (exact) mass is 257 g/mol. The molecule has 0 saturated carbocycles. The van der Waals surface area contributed by atoms with Crippen molar-refractivity contribution in [2.45, 2.75) is 46.0 Å². The number of allylic oxidation sites excluding steroid dienone is 2. The van der Waals surface area contributed by atoms with Crippen LogP contribution in [0.25, 0.3) is 0 Å². The molecule has 0 bridgehead atoms. The predicted octanol–water partition coefficient (Wildman–Crippen LogP) is 4.14. The van der Waals surface area contributed by atoms with Gasteiger partial charge in [-0.2, -0.15) is 0 Å². The Balaban J connectivity index is 2.16. The summed E-state index contributed by atoms with van der Waals surface area (Å²) < 4.78 is 0. The van der Waals surface area contributed by atoms with Gasteiger partial charge in [0.15, 0.2) is 0 Å². The van der Waals surface area contributed by atoms with Crippen LogP contribution in [-0.4, -0.2) is 13.1 Å². The van der Waals surface area contributed by atoms with Gasteiger partial charge in [0.25, 0.3) is 0 Å². The third-order valence-electron chi connectivity index (χ3n) is 4.32. The van der Waals surface area contributed by atoms with Crippen molar-refractivity contribution >= 4 is 0 Å². The van der Waals surface area contributed by atoms with Crippen molar-refractivity contribution in [2.24, 2.45) is 5.92 Å². The topological polar surface area (TPSA) is 12.0 Å². The first kappa shape index (κ1) is 14.3. The zero-order chi connectivity index (χ0) is 13.9. The van der Waals surface area contributed by atoms with Gasteiger partial charge < -0.3 is 5.32 Å². The maximum absolute atomic E-state index is 3.66. The minimum Gasteiger partial charge on any atom is -0.316 e. The number of hydrogen-bond acceptors (Lipinski definition) is 1. The Kier molecular flexibility index (Phi) is 4.46. The fraction of sp³-hybridized carbons (Fsp3) is 0.556. The molecule has 0 unspecified atom stereocenters. The van der Waals surface area contributed by atoms with Crippen molar-refractivity contribution in [1.82, 2.24) is 5.32 Å². The molecule has 1 nitrogen and oxygen atoms in total. The Morgan fingerprint density at radius 1 is 1.11 bits per heavy atom. The first-order valence-electron chi connectivity index (χ1n) is 7.47. The SMILES string of the molecule is Cc1ccc(C2(CNCC(C)C)CC=CC2)cc1C. The van der Waals surface area contributed by atoms with Gasteiger partial charge in [0.2, 0.25) is 0 Å². The number of benzene rings is 1. The number of rotatable bonds is 5. The number of nitrogens with one attached hydrogen (secondary N) is 1. The molecule has 0 heterocycles. The summed E-state index contributed by atoms with van der Waals surface area (Å²) in [4.78, 5) is 0. The lowest BCUT2D eigenvalue weighted by atomic mass is 9.77. The van der Waals surface area contributed by atoms with E-state index in [4.69, 9.17) is 0 Å². The predicted molar refractivity (Wildman–Crippen MR) is 83.7 cm³/mol. The minimum absolute atomic E-state index is 0.285. The third-order valence-corrected chi connectivity index (χ3v) is 4.32. The van der Waals surface area contributed by atoms with E-state index < -0.39 is 0 Å². The average Bonchev–Trinajstić information content (AvgIpc) is 2.82. The van der Waals surface area contributed by atoms with Crippen LogP contribution >= 0.6 is 0 Å². The maximum atomic E-state index is 3.66. The molecular weight excluding hydrogens is 230 g/mol. The Hall–Kier alpha value is -1.08. The molecule has 19 heavy (non-hydrogen) atoms. The molecule has 1 N–H and O–H groups in total. The van der Waals surface area contributed by atoms with Crippen LogP contribution in [0.3, 0.4) is 0 Å². The van der Waals surface area contributed by atoms with Crippen LogP contribution in [0.4, 0.5) is 0 Å². The fourth-order valence-electron chi connectivity index (χ4n) is 2.85. The van der Waals surface area contributed by atoms with Crippen LogP contribution in [0.2, 0.25) is 0 Å². The Labute approximate surface area is 118 Å². The van der Waals surface area contributed by atoms with Gasteiger partial charge in [-0.3, -0.25) is 0 Å². The number of aryl methyl sites for hydroxylation is 2. The quantitative estimate of drug-likeness (QED) is 0.782. The van der Waals surface area contributed by atoms with Crippen LogP contribution in [0.15, 0.2) is 30.4 Å². The second-order valence-corrected chi connectivity index (χ2v) is 6.48. The molecule has 0 fully saturated rings. The van der Waals surface area contributed by atoms with E-state index in [-0.39, 0.29) is 5.41 Å². The molecule has 1 aliphatic rings. The summed E-state index contributed by atoms with van der Waals surface area (Å²) in [6.45, 7) is 11.1. The van der Waals surface area contributed by atoms with Gasteiger partial charge in [0.05, 0.1) is 0 Å². The molecule has 2 rings (SSSR count). The summed E-state index contributed by atoms with van der Waals surface area (Å²) in [5, 5.41) is 3.66. The normalized spacial score (nSPS) is 17.3. The highest BCUT2D eigenvalue weighted by Gasteiger charge is 2.32. The maximum Gasteiger partial charge on any atom is 0.0147 e. The van der Waals surface area contributed by atoms with Gasteiger partial charge in [-0.1, -0.05) is 44.2 Å². The highest BCUT2D eigenvalue weighted by atomic mass is 14.9. The third kappa shape index (κ3) is 3.27. The van der Waals surface area contributed by atoms with E-state index in [1.165, 1.54) is 29.5 Å². The molecule has 0 radical (unpaired) electrons. The molecule has 104 valence electrons. The largest absolute Gasteiger partial charge is 0.316 e. The van der Waals surface area contributed by atoms with Crippen molar-refractivity contribution in [3.63, 3.8) is 0 Å². The standard InChI is InChI=1S/C18H27N/c1-14(2)12-19-13-18(9-5-6-10-18)17-8-7-15(3)16(4)11-17/h5-8,11,14,19H,9-10,12-13H2,1-4H3. The molecule has 0 spiro atoms. The molecule has 1 aromatic rings. The van der Waals surface area contributed by atoms with E-state index in [0.717, 1.165) is 13.1 Å². The van der Waals surface area contributed by atoms with Gasteiger partial charge in [-0.25, -0.2) is 0 Å². The van der Waals surface area contributed by atoms with Gasteiger partial charge in [0, 0.05) is 12.0 Å². The molecule has 0 aromatic heterocycles. The smallest absolute Gasteiger partial charge is 0.0147 e. The second-order valence-electron chi connectivity index (χ2n) is 6.48. The molecule has 1 aliphatic carbocycles. The van der Waals surface area contributed by atoms with Gasteiger partial charge in [-0.15, -0.1) is 0 Å². The van der Waals surface area contributed by atoms with E-state index in [2.05, 4.69) is 63.4 Å². The molecular formula is C18H27N. The Morgan fingerprint density at radius 3 is 2.37 bits per heavy atom. The Morgan fingerprint density at radius 2 is 1.79 bits per heavy atom. The van der Waals surface area contributed by atoms with Gasteiger partial charge in [0.1, 0.15) is 0 Å². The van der Waals surface area contributed by atoms with Crippen molar-refractivity contribution in [1.29, 1.82) is 0 Å². The lowest BCUT2D eigenvalue weighted by molar-refractivity contribution is 0.402. The summed E-state index contributed by atoms with van der Waals surface area (Å²) in [5.41, 5.74) is 4.58. The van der Waals surface area contributed by atoms with E-state index in [1.54, 1.807) is 0 Å². The fourth-order valence-corrected chi connectivity index (χ4v) is 2.85. The van der Waals surface area contributed by atoms with E-state index in [0.29, 0.717) is 5.92 Å². The minimum atomic E-state index is 0.285. The van der Waals surface area contributed by atoms with Crippen molar-refractivity contribution in [3.8, 4) is 0 Å².